The van der Waals surface area contributed by atoms with Crippen molar-refractivity contribution in [3.05, 3.63) is 70.9 Å². The lowest BCUT2D eigenvalue weighted by molar-refractivity contribution is 0.0947. The third-order valence-electron chi connectivity index (χ3n) is 3.45. The van der Waals surface area contributed by atoms with Gasteiger partial charge in [0.1, 0.15) is 11.4 Å². The first kappa shape index (κ1) is 16.1. The smallest absolute Gasteiger partial charge is 0.255 e. The first-order valence-corrected chi connectivity index (χ1v) is 7.68. The van der Waals surface area contributed by atoms with Crippen molar-refractivity contribution in [2.24, 2.45) is 0 Å². The molecule has 0 atom stereocenters. The van der Waals surface area contributed by atoms with Crippen LogP contribution in [0.3, 0.4) is 0 Å². The highest BCUT2D eigenvalue weighted by molar-refractivity contribution is 6.31. The molecule has 24 heavy (non-hydrogen) atoms. The van der Waals surface area contributed by atoms with Gasteiger partial charge in [0, 0.05) is 16.7 Å². The molecule has 2 aromatic carbocycles. The molecule has 0 fully saturated rings. The number of nitrogens with zero attached hydrogens (tertiary/aromatic N) is 1. The zero-order valence-corrected chi connectivity index (χ0v) is 13.7. The zero-order chi connectivity index (χ0) is 16.9. The van der Waals surface area contributed by atoms with Crippen LogP contribution in [0.15, 0.2) is 59.1 Å². The van der Waals surface area contributed by atoms with Gasteiger partial charge in [-0.15, -0.1) is 0 Å². The minimum Gasteiger partial charge on any atom is -0.496 e. The van der Waals surface area contributed by atoms with E-state index in [1.54, 1.807) is 24.3 Å². The SMILES string of the molecule is COc1ccc(Cl)cc1C(=O)NCc1cc(-c2ccccc2)on1. The second-order valence-electron chi connectivity index (χ2n) is 5.08. The van der Waals surface area contributed by atoms with Gasteiger partial charge in [0.05, 0.1) is 19.2 Å². The highest BCUT2D eigenvalue weighted by Crippen LogP contribution is 2.23. The van der Waals surface area contributed by atoms with Crippen molar-refractivity contribution in [3.8, 4) is 17.1 Å². The Morgan fingerprint density at radius 2 is 2.00 bits per heavy atom. The number of carbonyl (C=O) groups excluding carboxylic acids is 1. The predicted octanol–water partition coefficient (Wildman–Crippen LogP) is 3.93. The van der Waals surface area contributed by atoms with E-state index in [9.17, 15) is 4.79 Å². The predicted molar refractivity (Wildman–Crippen MR) is 91.1 cm³/mol. The molecule has 3 aromatic rings. The van der Waals surface area contributed by atoms with Gasteiger partial charge in [0.25, 0.3) is 5.91 Å². The van der Waals surface area contributed by atoms with E-state index in [4.69, 9.17) is 20.9 Å². The van der Waals surface area contributed by atoms with Gasteiger partial charge >= 0.3 is 0 Å². The van der Waals surface area contributed by atoms with Crippen molar-refractivity contribution in [1.82, 2.24) is 10.5 Å². The molecule has 5 nitrogen and oxygen atoms in total. The van der Waals surface area contributed by atoms with E-state index >= 15 is 0 Å². The average Bonchev–Trinajstić information content (AvgIpc) is 3.09. The van der Waals surface area contributed by atoms with E-state index in [0.29, 0.717) is 27.8 Å². The van der Waals surface area contributed by atoms with Gasteiger partial charge in [-0.3, -0.25) is 4.79 Å². The van der Waals surface area contributed by atoms with E-state index < -0.39 is 0 Å². The lowest BCUT2D eigenvalue weighted by Crippen LogP contribution is -2.23. The minimum atomic E-state index is -0.293. The van der Waals surface area contributed by atoms with Crippen molar-refractivity contribution < 1.29 is 14.1 Å². The fourth-order valence-corrected chi connectivity index (χ4v) is 2.43. The lowest BCUT2D eigenvalue weighted by atomic mass is 10.1. The molecule has 0 unspecified atom stereocenters. The average molecular weight is 343 g/mol. The van der Waals surface area contributed by atoms with Crippen LogP contribution in [0.5, 0.6) is 5.75 Å². The topological polar surface area (TPSA) is 64.4 Å². The summed E-state index contributed by atoms with van der Waals surface area (Å²) in [4.78, 5) is 12.3. The number of hydrogen-bond acceptors (Lipinski definition) is 4. The molecule has 1 aromatic heterocycles. The molecule has 0 spiro atoms. The number of amides is 1. The first-order chi connectivity index (χ1) is 11.7. The summed E-state index contributed by atoms with van der Waals surface area (Å²) in [6.45, 7) is 0.241. The van der Waals surface area contributed by atoms with Crippen LogP contribution in [-0.4, -0.2) is 18.2 Å². The fourth-order valence-electron chi connectivity index (χ4n) is 2.26. The Bertz CT molecular complexity index is 846. The van der Waals surface area contributed by atoms with E-state index in [1.165, 1.54) is 7.11 Å². The summed E-state index contributed by atoms with van der Waals surface area (Å²) in [5.41, 5.74) is 1.93. The molecule has 0 aliphatic heterocycles. The highest BCUT2D eigenvalue weighted by Gasteiger charge is 2.14. The molecule has 0 aliphatic rings. The number of aromatic nitrogens is 1. The quantitative estimate of drug-likeness (QED) is 0.763. The molecule has 0 saturated carbocycles. The number of benzene rings is 2. The number of carbonyl (C=O) groups is 1. The van der Waals surface area contributed by atoms with E-state index in [0.717, 1.165) is 5.56 Å². The third kappa shape index (κ3) is 3.58. The van der Waals surface area contributed by atoms with Crippen LogP contribution in [0.4, 0.5) is 0 Å². The maximum Gasteiger partial charge on any atom is 0.255 e. The molecule has 6 heteroatoms. The molecular weight excluding hydrogens is 328 g/mol. The monoisotopic (exact) mass is 342 g/mol. The number of ether oxygens (including phenoxy) is 1. The molecule has 1 N–H and O–H groups in total. The van der Waals surface area contributed by atoms with Gasteiger partial charge in [0.2, 0.25) is 0 Å². The Balaban J connectivity index is 1.69. The van der Waals surface area contributed by atoms with Crippen molar-refractivity contribution >= 4 is 17.5 Å². The summed E-state index contributed by atoms with van der Waals surface area (Å²) >= 11 is 5.94. The number of halogens is 1. The molecule has 0 radical (unpaired) electrons. The normalized spacial score (nSPS) is 10.4. The van der Waals surface area contributed by atoms with Gasteiger partial charge in [-0.2, -0.15) is 0 Å². The van der Waals surface area contributed by atoms with Crippen LogP contribution in [0.25, 0.3) is 11.3 Å². The molecule has 122 valence electrons. The second kappa shape index (κ2) is 7.19. The Labute approximate surface area is 144 Å². The zero-order valence-electron chi connectivity index (χ0n) is 13.0. The van der Waals surface area contributed by atoms with Gasteiger partial charge in [-0.05, 0) is 18.2 Å². The van der Waals surface area contributed by atoms with Crippen LogP contribution in [0.1, 0.15) is 16.1 Å². The molecular formula is C18H15ClN2O3. The maximum absolute atomic E-state index is 12.3. The summed E-state index contributed by atoms with van der Waals surface area (Å²) in [7, 11) is 1.50. The van der Waals surface area contributed by atoms with Gasteiger partial charge in [-0.1, -0.05) is 47.1 Å². The Kier molecular flexibility index (Phi) is 4.82. The largest absolute Gasteiger partial charge is 0.496 e. The van der Waals surface area contributed by atoms with E-state index in [-0.39, 0.29) is 12.5 Å². The van der Waals surface area contributed by atoms with Gasteiger partial charge in [-0.25, -0.2) is 0 Å². The molecule has 3 rings (SSSR count). The Morgan fingerprint density at radius 3 is 2.75 bits per heavy atom. The van der Waals surface area contributed by atoms with E-state index in [2.05, 4.69) is 10.5 Å². The standard InChI is InChI=1S/C18H15ClN2O3/c1-23-16-8-7-13(19)9-15(16)18(22)20-11-14-10-17(24-21-14)12-5-3-2-4-6-12/h2-10H,11H2,1H3,(H,20,22). The van der Waals surface area contributed by atoms with Crippen molar-refractivity contribution in [1.29, 1.82) is 0 Å². The molecule has 0 saturated heterocycles. The molecule has 1 heterocycles. The molecule has 1 amide bonds. The Morgan fingerprint density at radius 1 is 1.21 bits per heavy atom. The number of hydrogen-bond donors (Lipinski definition) is 1. The maximum atomic E-state index is 12.3. The number of methoxy groups -OCH3 is 1. The third-order valence-corrected chi connectivity index (χ3v) is 3.69. The minimum absolute atomic E-state index is 0.241. The highest BCUT2D eigenvalue weighted by atomic mass is 35.5. The summed E-state index contributed by atoms with van der Waals surface area (Å²) in [6.07, 6.45) is 0. The molecule has 0 aliphatic carbocycles. The number of nitrogens with one attached hydrogen (secondary N) is 1. The summed E-state index contributed by atoms with van der Waals surface area (Å²) in [6, 6.07) is 16.3. The van der Waals surface area contributed by atoms with Crippen LogP contribution in [0, 0.1) is 0 Å². The van der Waals surface area contributed by atoms with Crippen LogP contribution in [-0.2, 0) is 6.54 Å². The van der Waals surface area contributed by atoms with Gasteiger partial charge < -0.3 is 14.6 Å². The molecule has 0 bridgehead atoms. The van der Waals surface area contributed by atoms with Crippen molar-refractivity contribution in [3.63, 3.8) is 0 Å². The summed E-state index contributed by atoms with van der Waals surface area (Å²) < 4.78 is 10.5. The van der Waals surface area contributed by atoms with Crippen LogP contribution >= 0.6 is 11.6 Å². The van der Waals surface area contributed by atoms with Gasteiger partial charge in [0.15, 0.2) is 5.76 Å². The Hall–Kier alpha value is -2.79. The summed E-state index contributed by atoms with van der Waals surface area (Å²) in [5.74, 6) is 0.820. The van der Waals surface area contributed by atoms with Crippen LogP contribution in [0.2, 0.25) is 5.02 Å². The van der Waals surface area contributed by atoms with E-state index in [1.807, 2.05) is 30.3 Å². The fraction of sp³-hybridized carbons (Fsp3) is 0.111. The second-order valence-corrected chi connectivity index (χ2v) is 5.51. The van der Waals surface area contributed by atoms with Crippen molar-refractivity contribution in [2.75, 3.05) is 7.11 Å². The van der Waals surface area contributed by atoms with Crippen molar-refractivity contribution in [2.45, 2.75) is 6.54 Å². The lowest BCUT2D eigenvalue weighted by Gasteiger charge is -2.08. The first-order valence-electron chi connectivity index (χ1n) is 7.30. The van der Waals surface area contributed by atoms with Crippen LogP contribution < -0.4 is 10.1 Å². The number of rotatable bonds is 5. The summed E-state index contributed by atoms with van der Waals surface area (Å²) in [5, 5.41) is 7.22.